The second kappa shape index (κ2) is 6.78. The largest absolute Gasteiger partial charge is 0.381 e. The fourth-order valence-corrected chi connectivity index (χ4v) is 2.17. The van der Waals surface area contributed by atoms with Gasteiger partial charge in [-0.1, -0.05) is 25.3 Å². The molecule has 0 saturated heterocycles. The minimum absolute atomic E-state index is 0.144. The number of carbonyl (C=O) groups is 1. The molecule has 2 heteroatoms. The average Bonchev–Trinajstić information content (AvgIpc) is 2.29. The Bertz CT molecular complexity index is 215. The highest BCUT2D eigenvalue weighted by atomic mass is 16.5. The number of aldehydes is 1. The summed E-state index contributed by atoms with van der Waals surface area (Å²) in [5.74, 6) is 0.628. The normalized spacial score (nSPS) is 21.3. The van der Waals surface area contributed by atoms with Gasteiger partial charge >= 0.3 is 0 Å². The van der Waals surface area contributed by atoms with E-state index < -0.39 is 0 Å². The Kier molecular flexibility index (Phi) is 5.62. The topological polar surface area (TPSA) is 26.3 Å². The molecule has 15 heavy (non-hydrogen) atoms. The van der Waals surface area contributed by atoms with Crippen molar-refractivity contribution in [2.24, 2.45) is 5.92 Å². The van der Waals surface area contributed by atoms with Crippen LogP contribution in [0.2, 0.25) is 0 Å². The molecule has 0 aromatic rings. The van der Waals surface area contributed by atoms with E-state index in [0.717, 1.165) is 18.3 Å². The Hall–Kier alpha value is -0.630. The van der Waals surface area contributed by atoms with Gasteiger partial charge in [0.05, 0.1) is 6.10 Å². The van der Waals surface area contributed by atoms with Crippen LogP contribution in [0.3, 0.4) is 0 Å². The van der Waals surface area contributed by atoms with Crippen LogP contribution >= 0.6 is 0 Å². The summed E-state index contributed by atoms with van der Waals surface area (Å²) >= 11 is 0. The lowest BCUT2D eigenvalue weighted by Crippen LogP contribution is -2.09. The van der Waals surface area contributed by atoms with Crippen molar-refractivity contribution in [3.8, 4) is 0 Å². The zero-order chi connectivity index (χ0) is 11.1. The van der Waals surface area contributed by atoms with Crippen LogP contribution < -0.4 is 0 Å². The molecule has 0 aromatic heterocycles. The molecule has 0 radical (unpaired) electrons. The van der Waals surface area contributed by atoms with Gasteiger partial charge in [-0.2, -0.15) is 0 Å². The fraction of sp³-hybridized carbons (Fsp3) is 0.769. The molecular weight excluding hydrogens is 188 g/mol. The molecule has 0 aliphatic heterocycles. The Morgan fingerprint density at radius 2 is 2.07 bits per heavy atom. The summed E-state index contributed by atoms with van der Waals surface area (Å²) in [4.78, 5) is 10.9. The smallest absolute Gasteiger partial charge is 0.145 e. The summed E-state index contributed by atoms with van der Waals surface area (Å²) in [5, 5.41) is 0. The number of rotatable bonds is 5. The number of carbonyl (C=O) groups excluding carboxylic acids is 1. The first-order chi connectivity index (χ1) is 7.26. The summed E-state index contributed by atoms with van der Waals surface area (Å²) in [6.07, 6.45) is 10.5. The van der Waals surface area contributed by atoms with Crippen LogP contribution in [0.5, 0.6) is 0 Å². The van der Waals surface area contributed by atoms with E-state index in [1.54, 1.807) is 7.11 Å². The van der Waals surface area contributed by atoms with E-state index in [9.17, 15) is 4.79 Å². The first-order valence-corrected chi connectivity index (χ1v) is 5.95. The predicted octanol–water partition coefficient (Wildman–Crippen LogP) is 3.12. The van der Waals surface area contributed by atoms with Gasteiger partial charge < -0.3 is 4.74 Å². The summed E-state index contributed by atoms with van der Waals surface area (Å²) < 4.78 is 5.17. The zero-order valence-corrected chi connectivity index (χ0v) is 9.87. The Balaban J connectivity index is 2.47. The maximum atomic E-state index is 10.9. The molecule has 0 N–H and O–H groups in total. The second-order valence-electron chi connectivity index (χ2n) is 4.51. The number of ether oxygens (including phenoxy) is 1. The van der Waals surface area contributed by atoms with Gasteiger partial charge in [0.25, 0.3) is 0 Å². The molecule has 1 rings (SSSR count). The van der Waals surface area contributed by atoms with Crippen LogP contribution in [0.1, 0.15) is 45.4 Å². The van der Waals surface area contributed by atoms with Gasteiger partial charge in [0.1, 0.15) is 6.29 Å². The summed E-state index contributed by atoms with van der Waals surface area (Å²) in [7, 11) is 1.69. The van der Waals surface area contributed by atoms with Gasteiger partial charge in [-0.25, -0.2) is 0 Å². The molecular formula is C13H22O2. The van der Waals surface area contributed by atoms with E-state index in [1.807, 2.05) is 6.92 Å². The summed E-state index contributed by atoms with van der Waals surface area (Å²) in [6.45, 7) is 2.00. The van der Waals surface area contributed by atoms with Gasteiger partial charge in [-0.3, -0.25) is 4.79 Å². The maximum Gasteiger partial charge on any atom is 0.145 e. The van der Waals surface area contributed by atoms with Crippen molar-refractivity contribution < 1.29 is 9.53 Å². The number of hydrogen-bond acceptors (Lipinski definition) is 2. The number of hydrogen-bond donors (Lipinski definition) is 0. The molecule has 0 aromatic carbocycles. The van der Waals surface area contributed by atoms with Crippen LogP contribution in [0.15, 0.2) is 11.6 Å². The van der Waals surface area contributed by atoms with Crippen molar-refractivity contribution in [3.63, 3.8) is 0 Å². The van der Waals surface area contributed by atoms with Crippen molar-refractivity contribution in [2.45, 2.75) is 51.6 Å². The van der Waals surface area contributed by atoms with Gasteiger partial charge in [0, 0.05) is 13.5 Å². The molecule has 0 amide bonds. The molecule has 1 saturated carbocycles. The van der Waals surface area contributed by atoms with E-state index in [2.05, 4.69) is 6.08 Å². The third-order valence-corrected chi connectivity index (χ3v) is 3.18. The van der Waals surface area contributed by atoms with Crippen molar-refractivity contribution in [2.75, 3.05) is 7.11 Å². The Labute approximate surface area is 92.7 Å². The van der Waals surface area contributed by atoms with Crippen molar-refractivity contribution in [3.05, 3.63) is 11.6 Å². The van der Waals surface area contributed by atoms with E-state index in [-0.39, 0.29) is 6.10 Å². The first kappa shape index (κ1) is 12.4. The molecule has 2 nitrogen and oxygen atoms in total. The fourth-order valence-electron chi connectivity index (χ4n) is 2.17. The lowest BCUT2D eigenvalue weighted by molar-refractivity contribution is -0.105. The van der Waals surface area contributed by atoms with Crippen LogP contribution in [-0.2, 0) is 9.53 Å². The molecule has 1 fully saturated rings. The van der Waals surface area contributed by atoms with E-state index in [0.29, 0.717) is 5.92 Å². The van der Waals surface area contributed by atoms with Gasteiger partial charge in [-0.15, -0.1) is 0 Å². The SMILES string of the molecule is COC(C)C/C(C=O)=C/C1CCCCC1. The Morgan fingerprint density at radius 3 is 2.60 bits per heavy atom. The molecule has 1 aliphatic carbocycles. The van der Waals surface area contributed by atoms with Crippen LogP contribution in [-0.4, -0.2) is 19.5 Å². The van der Waals surface area contributed by atoms with Crippen molar-refractivity contribution >= 4 is 6.29 Å². The molecule has 1 aliphatic rings. The van der Waals surface area contributed by atoms with Gasteiger partial charge in [0.2, 0.25) is 0 Å². The second-order valence-corrected chi connectivity index (χ2v) is 4.51. The third-order valence-electron chi connectivity index (χ3n) is 3.18. The zero-order valence-electron chi connectivity index (χ0n) is 9.87. The Morgan fingerprint density at radius 1 is 1.40 bits per heavy atom. The van der Waals surface area contributed by atoms with Crippen LogP contribution in [0, 0.1) is 5.92 Å². The standard InChI is InChI=1S/C13H22O2/c1-11(15-2)8-13(10-14)9-12-6-4-3-5-7-12/h9-12H,3-8H2,1-2H3/b13-9-. The molecule has 86 valence electrons. The van der Waals surface area contributed by atoms with E-state index >= 15 is 0 Å². The molecule has 0 spiro atoms. The molecule has 0 bridgehead atoms. The minimum atomic E-state index is 0.144. The first-order valence-electron chi connectivity index (χ1n) is 5.95. The molecule has 1 atom stereocenters. The van der Waals surface area contributed by atoms with Crippen LogP contribution in [0.4, 0.5) is 0 Å². The molecule has 0 heterocycles. The maximum absolute atomic E-state index is 10.9. The monoisotopic (exact) mass is 210 g/mol. The van der Waals surface area contributed by atoms with E-state index in [4.69, 9.17) is 4.74 Å². The highest BCUT2D eigenvalue weighted by molar-refractivity contribution is 5.73. The van der Waals surface area contributed by atoms with Crippen molar-refractivity contribution in [1.82, 2.24) is 0 Å². The average molecular weight is 210 g/mol. The quantitative estimate of drug-likeness (QED) is 0.515. The van der Waals surface area contributed by atoms with Gasteiger partial charge in [0.15, 0.2) is 0 Å². The molecule has 1 unspecified atom stereocenters. The predicted molar refractivity (Wildman–Crippen MR) is 61.8 cm³/mol. The highest BCUT2D eigenvalue weighted by Crippen LogP contribution is 2.26. The number of allylic oxidation sites excluding steroid dienone is 1. The van der Waals surface area contributed by atoms with Crippen molar-refractivity contribution in [1.29, 1.82) is 0 Å². The minimum Gasteiger partial charge on any atom is -0.381 e. The summed E-state index contributed by atoms with van der Waals surface area (Å²) in [5.41, 5.74) is 0.913. The third kappa shape index (κ3) is 4.61. The van der Waals surface area contributed by atoms with Crippen LogP contribution in [0.25, 0.3) is 0 Å². The van der Waals surface area contributed by atoms with Gasteiger partial charge in [-0.05, 0) is 31.3 Å². The highest BCUT2D eigenvalue weighted by Gasteiger charge is 2.12. The summed E-state index contributed by atoms with van der Waals surface area (Å²) in [6, 6.07) is 0. The lowest BCUT2D eigenvalue weighted by Gasteiger charge is -2.19. The van der Waals surface area contributed by atoms with E-state index in [1.165, 1.54) is 32.1 Å². The number of methoxy groups -OCH3 is 1. The lowest BCUT2D eigenvalue weighted by atomic mass is 9.87.